The number of likely N-dealkylation sites (tertiary alicyclic amines) is 1. The van der Waals surface area contributed by atoms with Gasteiger partial charge in [-0.1, -0.05) is 12.8 Å². The molecule has 1 aliphatic carbocycles. The van der Waals surface area contributed by atoms with E-state index < -0.39 is 12.0 Å². The van der Waals surface area contributed by atoms with Crippen LogP contribution in [0.2, 0.25) is 0 Å². The lowest BCUT2D eigenvalue weighted by Crippen LogP contribution is -2.49. The third kappa shape index (κ3) is 3.30. The topological polar surface area (TPSA) is 78.9 Å². The Labute approximate surface area is 119 Å². The van der Waals surface area contributed by atoms with Crippen LogP contribution in [-0.4, -0.2) is 60.8 Å². The maximum Gasteiger partial charge on any atom is 0.326 e. The van der Waals surface area contributed by atoms with Crippen LogP contribution in [0.25, 0.3) is 0 Å². The summed E-state index contributed by atoms with van der Waals surface area (Å²) in [6.07, 6.45) is 4.85. The van der Waals surface area contributed by atoms with Crippen molar-refractivity contribution in [2.24, 2.45) is 5.92 Å². The van der Waals surface area contributed by atoms with Crippen molar-refractivity contribution in [1.82, 2.24) is 10.2 Å². The molecule has 0 aromatic rings. The highest BCUT2D eigenvalue weighted by atomic mass is 16.5. The SMILES string of the molecule is COCCNCC(=O)N1C(C(=O)O)CC2CCCCC21. The molecule has 6 nitrogen and oxygen atoms in total. The maximum absolute atomic E-state index is 12.3. The Hall–Kier alpha value is -1.14. The number of aliphatic carboxylic acids is 1. The van der Waals surface area contributed by atoms with Gasteiger partial charge in [0.25, 0.3) is 0 Å². The van der Waals surface area contributed by atoms with Crippen LogP contribution in [0.4, 0.5) is 0 Å². The molecule has 2 fully saturated rings. The van der Waals surface area contributed by atoms with Gasteiger partial charge in [-0.2, -0.15) is 0 Å². The molecular formula is C14H24N2O4. The standard InChI is InChI=1S/C14H24N2O4/c1-20-7-6-15-9-13(17)16-11-5-3-2-4-10(11)8-12(16)14(18)19/h10-12,15H,2-9H2,1H3,(H,18,19). The second kappa shape index (κ2) is 7.04. The third-order valence-corrected chi connectivity index (χ3v) is 4.42. The molecule has 2 aliphatic rings. The first-order valence-corrected chi connectivity index (χ1v) is 7.38. The van der Waals surface area contributed by atoms with Crippen molar-refractivity contribution in [3.8, 4) is 0 Å². The van der Waals surface area contributed by atoms with E-state index in [9.17, 15) is 14.7 Å². The van der Waals surface area contributed by atoms with Gasteiger partial charge in [0.1, 0.15) is 6.04 Å². The minimum atomic E-state index is -0.871. The fourth-order valence-electron chi connectivity index (χ4n) is 3.50. The molecule has 0 radical (unpaired) electrons. The van der Waals surface area contributed by atoms with E-state index in [1.165, 1.54) is 0 Å². The Bertz CT molecular complexity index is 361. The summed E-state index contributed by atoms with van der Waals surface area (Å²) in [7, 11) is 1.61. The molecule has 1 aliphatic heterocycles. The molecule has 2 rings (SSSR count). The van der Waals surface area contributed by atoms with E-state index in [2.05, 4.69) is 5.32 Å². The molecule has 0 aromatic heterocycles. The number of carboxylic acid groups (broad SMARTS) is 1. The Morgan fingerprint density at radius 2 is 2.10 bits per heavy atom. The summed E-state index contributed by atoms with van der Waals surface area (Å²) in [5.74, 6) is -0.597. The molecule has 0 bridgehead atoms. The predicted molar refractivity (Wildman–Crippen MR) is 73.4 cm³/mol. The lowest BCUT2D eigenvalue weighted by molar-refractivity contribution is -0.149. The van der Waals surface area contributed by atoms with Crippen LogP contribution >= 0.6 is 0 Å². The van der Waals surface area contributed by atoms with Crippen molar-refractivity contribution >= 4 is 11.9 Å². The molecule has 0 aromatic carbocycles. The Kier molecular flexibility index (Phi) is 5.37. The fourth-order valence-corrected chi connectivity index (χ4v) is 3.50. The molecule has 0 spiro atoms. The van der Waals surface area contributed by atoms with E-state index in [0.717, 1.165) is 25.7 Å². The van der Waals surface area contributed by atoms with Crippen LogP contribution in [0.1, 0.15) is 32.1 Å². The minimum absolute atomic E-state index is 0.0945. The third-order valence-electron chi connectivity index (χ3n) is 4.42. The number of hydrogen-bond acceptors (Lipinski definition) is 4. The lowest BCUT2D eigenvalue weighted by atomic mass is 9.85. The predicted octanol–water partition coefficient (Wildman–Crippen LogP) is 0.467. The van der Waals surface area contributed by atoms with Gasteiger partial charge in [0.15, 0.2) is 0 Å². The number of hydrogen-bond donors (Lipinski definition) is 2. The second-order valence-corrected chi connectivity index (χ2v) is 5.67. The first-order chi connectivity index (χ1) is 9.65. The summed E-state index contributed by atoms with van der Waals surface area (Å²) < 4.78 is 4.91. The average molecular weight is 284 g/mol. The van der Waals surface area contributed by atoms with Crippen LogP contribution in [0.3, 0.4) is 0 Å². The van der Waals surface area contributed by atoms with Crippen LogP contribution in [0.5, 0.6) is 0 Å². The normalized spacial score (nSPS) is 29.2. The van der Waals surface area contributed by atoms with E-state index in [-0.39, 0.29) is 18.5 Å². The number of nitrogens with one attached hydrogen (secondary N) is 1. The van der Waals surface area contributed by atoms with Crippen LogP contribution in [0.15, 0.2) is 0 Å². The van der Waals surface area contributed by atoms with E-state index in [1.807, 2.05) is 0 Å². The summed E-state index contributed by atoms with van der Waals surface area (Å²) in [6, 6.07) is -0.513. The summed E-state index contributed by atoms with van der Waals surface area (Å²) in [5.41, 5.74) is 0. The quantitative estimate of drug-likeness (QED) is 0.693. The molecule has 6 heteroatoms. The molecule has 1 amide bonds. The van der Waals surface area contributed by atoms with E-state index in [4.69, 9.17) is 4.74 Å². The number of nitrogens with zero attached hydrogens (tertiary/aromatic N) is 1. The Morgan fingerprint density at radius 3 is 2.80 bits per heavy atom. The molecule has 3 atom stereocenters. The first kappa shape index (κ1) is 15.3. The molecular weight excluding hydrogens is 260 g/mol. The van der Waals surface area contributed by atoms with Gasteiger partial charge in [0.2, 0.25) is 5.91 Å². The zero-order valence-corrected chi connectivity index (χ0v) is 12.0. The van der Waals surface area contributed by atoms with E-state index in [0.29, 0.717) is 25.5 Å². The van der Waals surface area contributed by atoms with Gasteiger partial charge in [0.05, 0.1) is 13.2 Å². The van der Waals surface area contributed by atoms with Crippen molar-refractivity contribution in [2.75, 3.05) is 26.8 Å². The van der Waals surface area contributed by atoms with Gasteiger partial charge in [-0.3, -0.25) is 4.79 Å². The molecule has 1 saturated heterocycles. The van der Waals surface area contributed by atoms with Crippen LogP contribution in [0, 0.1) is 5.92 Å². The Morgan fingerprint density at radius 1 is 1.35 bits per heavy atom. The number of carboxylic acids is 1. The van der Waals surface area contributed by atoms with Gasteiger partial charge in [-0.15, -0.1) is 0 Å². The zero-order chi connectivity index (χ0) is 14.5. The number of fused-ring (bicyclic) bond motifs is 1. The largest absolute Gasteiger partial charge is 0.480 e. The molecule has 2 N–H and O–H groups in total. The fraction of sp³-hybridized carbons (Fsp3) is 0.857. The zero-order valence-electron chi connectivity index (χ0n) is 12.0. The van der Waals surface area contributed by atoms with Crippen molar-refractivity contribution in [2.45, 2.75) is 44.2 Å². The van der Waals surface area contributed by atoms with Gasteiger partial charge in [0, 0.05) is 19.7 Å². The second-order valence-electron chi connectivity index (χ2n) is 5.67. The number of amides is 1. The van der Waals surface area contributed by atoms with Crippen molar-refractivity contribution in [1.29, 1.82) is 0 Å². The van der Waals surface area contributed by atoms with E-state index in [1.54, 1.807) is 12.0 Å². The average Bonchev–Trinajstić information content (AvgIpc) is 2.83. The van der Waals surface area contributed by atoms with E-state index >= 15 is 0 Å². The first-order valence-electron chi connectivity index (χ1n) is 7.38. The monoisotopic (exact) mass is 284 g/mol. The van der Waals surface area contributed by atoms with Crippen LogP contribution < -0.4 is 5.32 Å². The molecule has 1 saturated carbocycles. The van der Waals surface area contributed by atoms with Gasteiger partial charge in [-0.05, 0) is 25.2 Å². The highest BCUT2D eigenvalue weighted by Crippen LogP contribution is 2.39. The minimum Gasteiger partial charge on any atom is -0.480 e. The number of methoxy groups -OCH3 is 1. The molecule has 3 unspecified atom stereocenters. The summed E-state index contributed by atoms with van der Waals surface area (Å²) in [5, 5.41) is 12.4. The molecule has 20 heavy (non-hydrogen) atoms. The van der Waals surface area contributed by atoms with Gasteiger partial charge < -0.3 is 20.1 Å². The summed E-state index contributed by atoms with van der Waals surface area (Å²) >= 11 is 0. The maximum atomic E-state index is 12.3. The molecule has 1 heterocycles. The van der Waals surface area contributed by atoms with Crippen LogP contribution in [-0.2, 0) is 14.3 Å². The van der Waals surface area contributed by atoms with Crippen molar-refractivity contribution in [3.05, 3.63) is 0 Å². The van der Waals surface area contributed by atoms with Crippen molar-refractivity contribution < 1.29 is 19.4 Å². The number of carbonyl (C=O) groups is 2. The van der Waals surface area contributed by atoms with Gasteiger partial charge in [-0.25, -0.2) is 4.79 Å². The summed E-state index contributed by atoms with van der Waals surface area (Å²) in [4.78, 5) is 25.4. The Balaban J connectivity index is 1.97. The smallest absolute Gasteiger partial charge is 0.326 e. The number of rotatable bonds is 6. The van der Waals surface area contributed by atoms with Gasteiger partial charge >= 0.3 is 5.97 Å². The lowest BCUT2D eigenvalue weighted by Gasteiger charge is -2.33. The highest BCUT2D eigenvalue weighted by molar-refractivity contribution is 5.86. The number of carbonyl (C=O) groups excluding carboxylic acids is 1. The number of ether oxygens (including phenoxy) is 1. The van der Waals surface area contributed by atoms with Crippen molar-refractivity contribution in [3.63, 3.8) is 0 Å². The summed E-state index contributed by atoms with van der Waals surface area (Å²) in [6.45, 7) is 1.33. The highest BCUT2D eigenvalue weighted by Gasteiger charge is 2.47. The molecule has 114 valence electrons.